The largest absolute Gasteiger partial charge is 0.361 e. The number of benzene rings is 1. The Morgan fingerprint density at radius 2 is 1.89 bits per heavy atom. The number of nitrogens with zero attached hydrogens (tertiary/aromatic N) is 3. The molecule has 0 spiro atoms. The minimum absolute atomic E-state index is 0.292. The summed E-state index contributed by atoms with van der Waals surface area (Å²) in [5, 5.41) is 1.32. The summed E-state index contributed by atoms with van der Waals surface area (Å²) < 4.78 is 0. The van der Waals surface area contributed by atoms with E-state index in [1.54, 1.807) is 6.20 Å². The van der Waals surface area contributed by atoms with Crippen molar-refractivity contribution in [1.29, 1.82) is 0 Å². The number of hydrogen-bond donors (Lipinski definition) is 1. The Labute approximate surface area is 166 Å². The van der Waals surface area contributed by atoms with Gasteiger partial charge in [0.1, 0.15) is 0 Å². The first kappa shape index (κ1) is 18.7. The van der Waals surface area contributed by atoms with Crippen molar-refractivity contribution in [2.45, 2.75) is 25.7 Å². The van der Waals surface area contributed by atoms with E-state index < -0.39 is 0 Å². The molecule has 0 bridgehead atoms. The second-order valence-electron chi connectivity index (χ2n) is 7.55. The Balaban J connectivity index is 1.18. The number of nitrogens with one attached hydrogen (secondary N) is 1. The Bertz CT molecular complexity index is 897. The van der Waals surface area contributed by atoms with Crippen LogP contribution in [0, 0.1) is 0 Å². The molecule has 1 fully saturated rings. The number of amides is 1. The first-order valence-electron chi connectivity index (χ1n) is 10.2. The molecule has 0 radical (unpaired) electrons. The number of piperazine rings is 1. The summed E-state index contributed by atoms with van der Waals surface area (Å²) in [6, 6.07) is 12.5. The molecule has 4 rings (SSSR count). The number of fused-ring (bicyclic) bond motifs is 1. The van der Waals surface area contributed by atoms with Gasteiger partial charge in [0.2, 0.25) is 5.91 Å². The Hall–Kier alpha value is -2.66. The SMILES string of the molecule is O=C(CCCc1cccnc1)N1CCN(CCc2c[nH]c3ccccc23)CC1. The van der Waals surface area contributed by atoms with E-state index in [0.29, 0.717) is 12.3 Å². The van der Waals surface area contributed by atoms with Crippen LogP contribution in [0.1, 0.15) is 24.0 Å². The van der Waals surface area contributed by atoms with Crippen LogP contribution in [0.4, 0.5) is 0 Å². The minimum Gasteiger partial charge on any atom is -0.361 e. The summed E-state index contributed by atoms with van der Waals surface area (Å²) in [6.07, 6.45) is 9.29. The van der Waals surface area contributed by atoms with Crippen molar-refractivity contribution in [1.82, 2.24) is 19.8 Å². The third-order valence-corrected chi connectivity index (χ3v) is 5.68. The van der Waals surface area contributed by atoms with Crippen molar-refractivity contribution < 1.29 is 4.79 Å². The molecule has 0 unspecified atom stereocenters. The molecule has 1 aliphatic heterocycles. The predicted octanol–water partition coefficient (Wildman–Crippen LogP) is 3.27. The molecule has 1 aliphatic rings. The molecule has 2 aromatic heterocycles. The normalized spacial score (nSPS) is 15.2. The van der Waals surface area contributed by atoms with E-state index in [-0.39, 0.29) is 0 Å². The first-order valence-corrected chi connectivity index (χ1v) is 10.2. The van der Waals surface area contributed by atoms with Gasteiger partial charge >= 0.3 is 0 Å². The number of carbonyl (C=O) groups excluding carboxylic acids is 1. The molecule has 0 aliphatic carbocycles. The summed E-state index contributed by atoms with van der Waals surface area (Å²) in [5.41, 5.74) is 3.79. The number of H-pyrrole nitrogens is 1. The molecule has 1 amide bonds. The van der Waals surface area contributed by atoms with Gasteiger partial charge in [-0.1, -0.05) is 24.3 Å². The van der Waals surface area contributed by atoms with Gasteiger partial charge in [-0.25, -0.2) is 0 Å². The summed E-state index contributed by atoms with van der Waals surface area (Å²) in [5.74, 6) is 0.292. The third kappa shape index (κ3) is 4.60. The van der Waals surface area contributed by atoms with Gasteiger partial charge in [-0.15, -0.1) is 0 Å². The van der Waals surface area contributed by atoms with Crippen LogP contribution in [0.5, 0.6) is 0 Å². The Morgan fingerprint density at radius 1 is 1.04 bits per heavy atom. The van der Waals surface area contributed by atoms with Crippen molar-refractivity contribution in [3.8, 4) is 0 Å². The highest BCUT2D eigenvalue weighted by Crippen LogP contribution is 2.18. The van der Waals surface area contributed by atoms with Crippen LogP contribution in [0.25, 0.3) is 10.9 Å². The lowest BCUT2D eigenvalue weighted by molar-refractivity contribution is -0.133. The lowest BCUT2D eigenvalue weighted by Crippen LogP contribution is -2.49. The number of aryl methyl sites for hydroxylation is 1. The first-order chi connectivity index (χ1) is 13.8. The van der Waals surface area contributed by atoms with Crippen LogP contribution in [0.3, 0.4) is 0 Å². The molecule has 5 nitrogen and oxygen atoms in total. The number of para-hydroxylation sites is 1. The average molecular weight is 377 g/mol. The van der Waals surface area contributed by atoms with Crippen LogP contribution in [0.15, 0.2) is 55.0 Å². The summed E-state index contributed by atoms with van der Waals surface area (Å²) in [6.45, 7) is 4.68. The van der Waals surface area contributed by atoms with Crippen LogP contribution < -0.4 is 0 Å². The summed E-state index contributed by atoms with van der Waals surface area (Å²) in [7, 11) is 0. The van der Waals surface area contributed by atoms with Crippen molar-refractivity contribution in [2.75, 3.05) is 32.7 Å². The molecular formula is C23H28N4O. The van der Waals surface area contributed by atoms with Gasteiger partial charge in [0, 0.05) is 68.6 Å². The molecule has 3 aromatic rings. The van der Waals surface area contributed by atoms with Gasteiger partial charge in [-0.2, -0.15) is 0 Å². The zero-order valence-corrected chi connectivity index (χ0v) is 16.3. The summed E-state index contributed by atoms with van der Waals surface area (Å²) in [4.78, 5) is 24.5. The Kier molecular flexibility index (Phi) is 6.02. The molecule has 0 atom stereocenters. The van der Waals surface area contributed by atoms with Crippen molar-refractivity contribution in [2.24, 2.45) is 0 Å². The van der Waals surface area contributed by atoms with E-state index in [0.717, 1.165) is 52.0 Å². The number of pyridine rings is 1. The third-order valence-electron chi connectivity index (χ3n) is 5.68. The number of carbonyl (C=O) groups is 1. The molecule has 1 saturated heterocycles. The quantitative estimate of drug-likeness (QED) is 0.689. The van der Waals surface area contributed by atoms with E-state index in [1.165, 1.54) is 22.0 Å². The van der Waals surface area contributed by atoms with Crippen LogP contribution in [-0.2, 0) is 17.6 Å². The van der Waals surface area contributed by atoms with E-state index in [2.05, 4.69) is 51.4 Å². The highest BCUT2D eigenvalue weighted by atomic mass is 16.2. The maximum atomic E-state index is 12.5. The zero-order valence-electron chi connectivity index (χ0n) is 16.3. The van der Waals surface area contributed by atoms with Crippen molar-refractivity contribution in [3.63, 3.8) is 0 Å². The lowest BCUT2D eigenvalue weighted by Gasteiger charge is -2.34. The zero-order chi connectivity index (χ0) is 19.2. The molecule has 3 heterocycles. The topological polar surface area (TPSA) is 52.2 Å². The predicted molar refractivity (Wildman–Crippen MR) is 112 cm³/mol. The fourth-order valence-corrected chi connectivity index (χ4v) is 3.99. The standard InChI is InChI=1S/C23H28N4O/c28-23(9-3-5-19-6-4-11-24-17-19)27-15-13-26(14-16-27)12-10-20-18-25-22-8-2-1-7-21(20)22/h1-2,4,6-8,11,17-18,25H,3,5,9-10,12-16H2. The molecular weight excluding hydrogens is 348 g/mol. The van der Waals surface area contributed by atoms with Gasteiger partial charge < -0.3 is 9.88 Å². The fraction of sp³-hybridized carbons (Fsp3) is 0.391. The van der Waals surface area contributed by atoms with Gasteiger partial charge in [0.25, 0.3) is 0 Å². The van der Waals surface area contributed by atoms with Gasteiger partial charge in [0.05, 0.1) is 0 Å². The van der Waals surface area contributed by atoms with Crippen LogP contribution >= 0.6 is 0 Å². The smallest absolute Gasteiger partial charge is 0.222 e. The highest BCUT2D eigenvalue weighted by Gasteiger charge is 2.20. The van der Waals surface area contributed by atoms with Crippen LogP contribution in [0.2, 0.25) is 0 Å². The van der Waals surface area contributed by atoms with Crippen molar-refractivity contribution >= 4 is 16.8 Å². The molecule has 1 N–H and O–H groups in total. The van der Waals surface area contributed by atoms with Gasteiger partial charge in [-0.05, 0) is 42.5 Å². The van der Waals surface area contributed by atoms with E-state index in [4.69, 9.17) is 0 Å². The monoisotopic (exact) mass is 376 g/mol. The van der Waals surface area contributed by atoms with Gasteiger partial charge in [-0.3, -0.25) is 14.7 Å². The second-order valence-corrected chi connectivity index (χ2v) is 7.55. The van der Waals surface area contributed by atoms with E-state index in [9.17, 15) is 4.79 Å². The fourth-order valence-electron chi connectivity index (χ4n) is 3.99. The highest BCUT2D eigenvalue weighted by molar-refractivity contribution is 5.83. The number of aromatic amines is 1. The average Bonchev–Trinajstić information content (AvgIpc) is 3.16. The Morgan fingerprint density at radius 3 is 2.71 bits per heavy atom. The molecule has 5 heteroatoms. The van der Waals surface area contributed by atoms with E-state index >= 15 is 0 Å². The maximum Gasteiger partial charge on any atom is 0.222 e. The molecule has 0 saturated carbocycles. The van der Waals surface area contributed by atoms with Crippen LogP contribution in [-0.4, -0.2) is 58.4 Å². The molecule has 1 aromatic carbocycles. The van der Waals surface area contributed by atoms with Crippen molar-refractivity contribution in [3.05, 3.63) is 66.1 Å². The second kappa shape index (κ2) is 9.02. The number of hydrogen-bond acceptors (Lipinski definition) is 3. The van der Waals surface area contributed by atoms with Gasteiger partial charge in [0.15, 0.2) is 0 Å². The minimum atomic E-state index is 0.292. The number of rotatable bonds is 7. The molecule has 146 valence electrons. The lowest BCUT2D eigenvalue weighted by atomic mass is 10.1. The summed E-state index contributed by atoms with van der Waals surface area (Å²) >= 11 is 0. The number of aromatic nitrogens is 2. The maximum absolute atomic E-state index is 12.5. The van der Waals surface area contributed by atoms with E-state index in [1.807, 2.05) is 17.2 Å². The molecule has 28 heavy (non-hydrogen) atoms.